The molecule has 2 heterocycles. The first-order valence-corrected chi connectivity index (χ1v) is 18.0. The van der Waals surface area contributed by atoms with Gasteiger partial charge in [0.15, 0.2) is 5.78 Å². The largest absolute Gasteiger partial charge is 0.507 e. The van der Waals surface area contributed by atoms with Crippen molar-refractivity contribution < 1.29 is 44.6 Å². The molecule has 0 aromatic carbocycles. The number of aromatic nitrogens is 1. The maximum Gasteiger partial charge on any atom is 0.262 e. The monoisotopic (exact) mass is 750 g/mol. The van der Waals surface area contributed by atoms with Gasteiger partial charge < -0.3 is 45.3 Å². The molecule has 1 aromatic heterocycles. The molecule has 0 saturated carbocycles. The first-order chi connectivity index (χ1) is 25.5. The summed E-state index contributed by atoms with van der Waals surface area (Å²) < 4.78 is 11.6. The number of hydrogen-bond donors (Lipinski definition) is 7. The Morgan fingerprint density at radius 3 is 2.33 bits per heavy atom. The second-order valence-electron chi connectivity index (χ2n) is 13.9. The van der Waals surface area contributed by atoms with E-state index >= 15 is 0 Å². The number of methoxy groups -OCH3 is 1. The number of amides is 1. The van der Waals surface area contributed by atoms with Gasteiger partial charge in [-0.1, -0.05) is 113 Å². The van der Waals surface area contributed by atoms with Crippen molar-refractivity contribution in [2.75, 3.05) is 13.7 Å². The number of aromatic amines is 1. The number of allylic oxidation sites excluding steroid dienone is 12. The van der Waals surface area contributed by atoms with Gasteiger partial charge >= 0.3 is 0 Å². The van der Waals surface area contributed by atoms with Gasteiger partial charge in [0.2, 0.25) is 11.7 Å². The molecule has 0 spiro atoms. The van der Waals surface area contributed by atoms with E-state index in [1.54, 1.807) is 102 Å². The van der Waals surface area contributed by atoms with Crippen LogP contribution in [0.1, 0.15) is 65.2 Å². The van der Waals surface area contributed by atoms with Crippen LogP contribution >= 0.6 is 0 Å². The van der Waals surface area contributed by atoms with Gasteiger partial charge in [-0.2, -0.15) is 0 Å². The Labute approximate surface area is 318 Å². The highest BCUT2D eigenvalue weighted by Gasteiger charge is 2.60. The normalized spacial score (nSPS) is 25.0. The number of carbonyl (C=O) groups is 2. The maximum atomic E-state index is 13.2. The molecule has 1 aromatic rings. The zero-order chi connectivity index (χ0) is 40.6. The predicted molar refractivity (Wildman–Crippen MR) is 209 cm³/mol. The van der Waals surface area contributed by atoms with E-state index in [1.807, 2.05) is 32.9 Å². The van der Waals surface area contributed by atoms with Crippen LogP contribution in [-0.2, 0) is 14.3 Å². The Bertz CT molecular complexity index is 1710. The molecular weight excluding hydrogens is 692 g/mol. The molecule has 1 amide bonds. The lowest BCUT2D eigenvalue weighted by molar-refractivity contribution is -0.359. The topological polar surface area (TPSA) is 199 Å². The van der Waals surface area contributed by atoms with Crippen LogP contribution in [0.4, 0.5) is 0 Å². The van der Waals surface area contributed by atoms with Crippen LogP contribution in [0, 0.1) is 17.3 Å². The fraction of sp³-hybridized carbons (Fsp3) is 0.452. The highest BCUT2D eigenvalue weighted by molar-refractivity contribution is 6.09. The zero-order valence-corrected chi connectivity index (χ0v) is 32.5. The van der Waals surface area contributed by atoms with E-state index in [-0.39, 0.29) is 35.8 Å². The number of pyridine rings is 1. The van der Waals surface area contributed by atoms with Crippen molar-refractivity contribution >= 4 is 11.7 Å². The standard InChI is InChI=1S/C42H58N2O10/c1-9-11-15-23-33-41(6,7)37(48)38(49)42(52,54-33)30(10-2)39(50)43-25-19-18-21-28(4)36(53-8)29(5)31(45)22-17-14-12-13-16-20-27(3)35(47)34-32(46)24-26-44-40(34)51/h9,11-24,26,29-31,33,36-38,45,48-49,52H,10,25H2,1-8H3,(H,43,50)(H2,44,46,51). The molecule has 12 nitrogen and oxygen atoms in total. The second-order valence-corrected chi connectivity index (χ2v) is 13.9. The highest BCUT2D eigenvalue weighted by Crippen LogP contribution is 2.44. The zero-order valence-electron chi connectivity index (χ0n) is 32.5. The average Bonchev–Trinajstić information content (AvgIpc) is 3.12. The summed E-state index contributed by atoms with van der Waals surface area (Å²) in [6.07, 6.45) is 20.1. The van der Waals surface area contributed by atoms with Gasteiger partial charge in [-0.15, -0.1) is 0 Å². The van der Waals surface area contributed by atoms with Crippen LogP contribution in [0.2, 0.25) is 0 Å². The molecule has 0 radical (unpaired) electrons. The van der Waals surface area contributed by atoms with Crippen LogP contribution in [0.5, 0.6) is 5.75 Å². The van der Waals surface area contributed by atoms with Gasteiger partial charge in [0.05, 0.1) is 30.3 Å². The van der Waals surface area contributed by atoms with Gasteiger partial charge in [0.1, 0.15) is 17.4 Å². The third kappa shape index (κ3) is 11.8. The number of ketones is 1. The van der Waals surface area contributed by atoms with Gasteiger partial charge in [0, 0.05) is 31.2 Å². The smallest absolute Gasteiger partial charge is 0.262 e. The summed E-state index contributed by atoms with van der Waals surface area (Å²) in [6, 6.07) is 1.24. The van der Waals surface area contributed by atoms with Crippen molar-refractivity contribution in [2.24, 2.45) is 17.3 Å². The van der Waals surface area contributed by atoms with Crippen molar-refractivity contribution in [3.05, 3.63) is 124 Å². The minimum absolute atomic E-state index is 0.116. The van der Waals surface area contributed by atoms with Crippen LogP contribution < -0.4 is 10.9 Å². The molecule has 296 valence electrons. The third-order valence-electron chi connectivity index (χ3n) is 9.58. The van der Waals surface area contributed by atoms with Crippen molar-refractivity contribution in [1.82, 2.24) is 10.3 Å². The average molecular weight is 751 g/mol. The van der Waals surface area contributed by atoms with Crippen LogP contribution in [0.15, 0.2) is 113 Å². The number of carbonyl (C=O) groups excluding carboxylic acids is 2. The molecule has 1 fully saturated rings. The van der Waals surface area contributed by atoms with Gasteiger partial charge in [0.25, 0.3) is 5.56 Å². The number of aliphatic hydroxyl groups excluding tert-OH is 3. The number of hydrogen-bond acceptors (Lipinski definition) is 10. The van der Waals surface area contributed by atoms with Crippen molar-refractivity contribution in [2.45, 2.75) is 91.2 Å². The minimum Gasteiger partial charge on any atom is -0.507 e. The summed E-state index contributed by atoms with van der Waals surface area (Å²) in [6.45, 7) is 12.4. The number of aromatic hydroxyl groups is 1. The van der Waals surface area contributed by atoms with Crippen molar-refractivity contribution in [3.8, 4) is 5.75 Å². The van der Waals surface area contributed by atoms with E-state index in [9.17, 15) is 39.9 Å². The summed E-state index contributed by atoms with van der Waals surface area (Å²) >= 11 is 0. The molecule has 7 N–H and O–H groups in total. The Morgan fingerprint density at radius 2 is 1.70 bits per heavy atom. The lowest BCUT2D eigenvalue weighted by atomic mass is 9.71. The molecule has 8 atom stereocenters. The summed E-state index contributed by atoms with van der Waals surface area (Å²) in [4.78, 5) is 40.0. The molecule has 0 aliphatic carbocycles. The van der Waals surface area contributed by atoms with E-state index in [0.29, 0.717) is 0 Å². The van der Waals surface area contributed by atoms with Crippen LogP contribution in [0.3, 0.4) is 0 Å². The Morgan fingerprint density at radius 1 is 1.04 bits per heavy atom. The molecule has 1 aliphatic heterocycles. The van der Waals surface area contributed by atoms with E-state index in [4.69, 9.17) is 9.47 Å². The number of Topliss-reactive ketones (excluding diaryl/α,β-unsaturated/α-hetero) is 1. The third-order valence-corrected chi connectivity index (χ3v) is 9.58. The molecule has 2 rings (SSSR count). The summed E-state index contributed by atoms with van der Waals surface area (Å²) in [7, 11) is 1.55. The second kappa shape index (κ2) is 21.5. The molecule has 1 saturated heterocycles. The van der Waals surface area contributed by atoms with Gasteiger partial charge in [-0.25, -0.2) is 0 Å². The lowest BCUT2D eigenvalue weighted by Gasteiger charge is -2.53. The summed E-state index contributed by atoms with van der Waals surface area (Å²) in [5.41, 5.74) is -0.823. The molecule has 8 unspecified atom stereocenters. The van der Waals surface area contributed by atoms with E-state index in [2.05, 4.69) is 10.3 Å². The van der Waals surface area contributed by atoms with Crippen LogP contribution in [0.25, 0.3) is 0 Å². The van der Waals surface area contributed by atoms with E-state index in [0.717, 1.165) is 5.57 Å². The summed E-state index contributed by atoms with van der Waals surface area (Å²) in [5.74, 6) is -5.32. The molecular formula is C42H58N2O10. The Balaban J connectivity index is 1.97. The quantitative estimate of drug-likeness (QED) is 0.0637. The SMILES string of the molecule is CC=CC=CC1OC(O)(C(CC)C(=O)NCC=CC=C(C)C(OC)C(C)C(O)C=CC=CC=CC=C(C)C(=O)c2c(O)cc[nH]c2=O)C(O)C(O)C1(C)C. The first kappa shape index (κ1) is 45.7. The number of rotatable bonds is 18. The van der Waals surface area contributed by atoms with Gasteiger partial charge in [-0.05, 0) is 44.4 Å². The maximum absolute atomic E-state index is 13.2. The number of H-pyrrole nitrogens is 1. The number of ether oxygens (including phenoxy) is 2. The fourth-order valence-corrected chi connectivity index (χ4v) is 6.11. The molecule has 12 heteroatoms. The number of aliphatic hydroxyl groups is 4. The predicted octanol–water partition coefficient (Wildman–Crippen LogP) is 4.50. The van der Waals surface area contributed by atoms with E-state index in [1.165, 1.54) is 18.3 Å². The van der Waals surface area contributed by atoms with Gasteiger partial charge in [-0.3, -0.25) is 14.4 Å². The molecule has 0 bridgehead atoms. The number of nitrogens with one attached hydrogen (secondary N) is 2. The van der Waals surface area contributed by atoms with E-state index < -0.39 is 64.9 Å². The Hall–Kier alpha value is -4.43. The minimum atomic E-state index is -2.32. The lowest BCUT2D eigenvalue weighted by Crippen LogP contribution is -2.69. The van der Waals surface area contributed by atoms with Crippen molar-refractivity contribution in [1.29, 1.82) is 0 Å². The first-order valence-electron chi connectivity index (χ1n) is 18.0. The Kier molecular flexibility index (Phi) is 18.2. The van der Waals surface area contributed by atoms with Crippen LogP contribution in [-0.4, -0.2) is 92.2 Å². The van der Waals surface area contributed by atoms with Crippen molar-refractivity contribution in [3.63, 3.8) is 0 Å². The molecule has 54 heavy (non-hydrogen) atoms. The fourth-order valence-electron chi connectivity index (χ4n) is 6.11. The molecule has 1 aliphatic rings. The summed E-state index contributed by atoms with van der Waals surface area (Å²) in [5, 5.41) is 56.8. The highest BCUT2D eigenvalue weighted by atomic mass is 16.7.